The van der Waals surface area contributed by atoms with Crippen molar-refractivity contribution in [3.8, 4) is 0 Å². The van der Waals surface area contributed by atoms with Gasteiger partial charge in [-0.15, -0.1) is 0 Å². The van der Waals surface area contributed by atoms with Gasteiger partial charge in [0.2, 0.25) is 0 Å². The van der Waals surface area contributed by atoms with E-state index in [0.29, 0.717) is 12.1 Å². The highest BCUT2D eigenvalue weighted by molar-refractivity contribution is 4.77. The summed E-state index contributed by atoms with van der Waals surface area (Å²) in [4.78, 5) is 2.45. The van der Waals surface area contributed by atoms with Gasteiger partial charge in [-0.3, -0.25) is 0 Å². The van der Waals surface area contributed by atoms with Gasteiger partial charge < -0.3 is 15.0 Å². The predicted octanol–water partition coefficient (Wildman–Crippen LogP) is 2.90. The molecule has 1 heterocycles. The SMILES string of the molecule is CCCNC(CN(C)CC1CCCCO1)C(C)CC. The Labute approximate surface area is 120 Å². The van der Waals surface area contributed by atoms with E-state index in [1.165, 1.54) is 32.1 Å². The van der Waals surface area contributed by atoms with E-state index in [0.717, 1.165) is 32.2 Å². The topological polar surface area (TPSA) is 24.5 Å². The lowest BCUT2D eigenvalue weighted by Gasteiger charge is -2.32. The molecule has 0 amide bonds. The predicted molar refractivity (Wildman–Crippen MR) is 82.6 cm³/mol. The van der Waals surface area contributed by atoms with Gasteiger partial charge in [0.15, 0.2) is 0 Å². The van der Waals surface area contributed by atoms with Crippen LogP contribution in [-0.4, -0.2) is 50.3 Å². The molecule has 1 fully saturated rings. The molecule has 1 saturated heterocycles. The first kappa shape index (κ1) is 16.9. The zero-order chi connectivity index (χ0) is 14.1. The van der Waals surface area contributed by atoms with Crippen LogP contribution in [0.5, 0.6) is 0 Å². The second kappa shape index (κ2) is 9.73. The maximum absolute atomic E-state index is 5.84. The zero-order valence-corrected chi connectivity index (χ0v) is 13.5. The number of hydrogen-bond donors (Lipinski definition) is 1. The average Bonchev–Trinajstić information content (AvgIpc) is 2.43. The third kappa shape index (κ3) is 6.73. The van der Waals surface area contributed by atoms with Crippen molar-refractivity contribution in [2.75, 3.05) is 33.3 Å². The van der Waals surface area contributed by atoms with E-state index >= 15 is 0 Å². The van der Waals surface area contributed by atoms with E-state index in [9.17, 15) is 0 Å². The Kier molecular flexibility index (Phi) is 8.67. The Morgan fingerprint density at radius 2 is 2.11 bits per heavy atom. The summed E-state index contributed by atoms with van der Waals surface area (Å²) in [6.07, 6.45) is 6.73. The largest absolute Gasteiger partial charge is 0.377 e. The van der Waals surface area contributed by atoms with Gasteiger partial charge in [0, 0.05) is 25.7 Å². The van der Waals surface area contributed by atoms with Crippen LogP contribution in [0.15, 0.2) is 0 Å². The van der Waals surface area contributed by atoms with Crippen LogP contribution in [0.25, 0.3) is 0 Å². The molecule has 1 rings (SSSR count). The monoisotopic (exact) mass is 270 g/mol. The molecule has 0 radical (unpaired) electrons. The Morgan fingerprint density at radius 1 is 1.32 bits per heavy atom. The van der Waals surface area contributed by atoms with E-state index in [4.69, 9.17) is 4.74 Å². The van der Waals surface area contributed by atoms with Crippen molar-refractivity contribution in [3.05, 3.63) is 0 Å². The van der Waals surface area contributed by atoms with Crippen molar-refractivity contribution in [2.45, 2.75) is 65.0 Å². The Bertz CT molecular complexity index is 217. The first-order valence-corrected chi connectivity index (χ1v) is 8.20. The van der Waals surface area contributed by atoms with Gasteiger partial charge in [-0.05, 0) is 45.2 Å². The number of likely N-dealkylation sites (N-methyl/N-ethyl adjacent to an activating group) is 1. The lowest BCUT2D eigenvalue weighted by atomic mass is 9.98. The summed E-state index contributed by atoms with van der Waals surface area (Å²) in [5.74, 6) is 0.737. The molecule has 1 N–H and O–H groups in total. The highest BCUT2D eigenvalue weighted by Gasteiger charge is 2.20. The third-order valence-corrected chi connectivity index (χ3v) is 4.29. The molecule has 0 spiro atoms. The van der Waals surface area contributed by atoms with Crippen LogP contribution in [0.2, 0.25) is 0 Å². The molecule has 3 atom stereocenters. The van der Waals surface area contributed by atoms with Gasteiger partial charge in [0.05, 0.1) is 6.10 Å². The summed E-state index contributed by atoms with van der Waals surface area (Å²) in [6, 6.07) is 0.610. The minimum Gasteiger partial charge on any atom is -0.377 e. The summed E-state index contributed by atoms with van der Waals surface area (Å²) >= 11 is 0. The molecular weight excluding hydrogens is 236 g/mol. The minimum absolute atomic E-state index is 0.461. The summed E-state index contributed by atoms with van der Waals surface area (Å²) in [6.45, 7) is 11.2. The molecular formula is C16H34N2O. The fourth-order valence-corrected chi connectivity index (χ4v) is 2.77. The first-order chi connectivity index (χ1) is 9.17. The fraction of sp³-hybridized carbons (Fsp3) is 1.00. The van der Waals surface area contributed by atoms with Crippen molar-refractivity contribution >= 4 is 0 Å². The molecule has 0 aromatic heterocycles. The number of ether oxygens (including phenoxy) is 1. The number of rotatable bonds is 9. The molecule has 0 aromatic carbocycles. The van der Waals surface area contributed by atoms with Gasteiger partial charge >= 0.3 is 0 Å². The molecule has 3 unspecified atom stereocenters. The fourth-order valence-electron chi connectivity index (χ4n) is 2.77. The molecule has 0 saturated carbocycles. The second-order valence-electron chi connectivity index (χ2n) is 6.16. The highest BCUT2D eigenvalue weighted by Crippen LogP contribution is 2.15. The smallest absolute Gasteiger partial charge is 0.0701 e. The molecule has 1 aliphatic rings. The molecule has 0 aromatic rings. The van der Waals surface area contributed by atoms with E-state index in [1.54, 1.807) is 0 Å². The minimum atomic E-state index is 0.461. The van der Waals surface area contributed by atoms with Crippen LogP contribution in [0.1, 0.15) is 52.9 Å². The van der Waals surface area contributed by atoms with Crippen LogP contribution in [0.3, 0.4) is 0 Å². The van der Waals surface area contributed by atoms with E-state index in [1.807, 2.05) is 0 Å². The molecule has 3 nitrogen and oxygen atoms in total. The molecule has 0 bridgehead atoms. The Morgan fingerprint density at radius 3 is 2.68 bits per heavy atom. The van der Waals surface area contributed by atoms with Crippen molar-refractivity contribution in [2.24, 2.45) is 5.92 Å². The quantitative estimate of drug-likeness (QED) is 0.697. The number of nitrogens with zero attached hydrogens (tertiary/aromatic N) is 1. The Balaban J connectivity index is 2.33. The van der Waals surface area contributed by atoms with Gasteiger partial charge in [-0.1, -0.05) is 27.2 Å². The molecule has 114 valence electrons. The number of nitrogens with one attached hydrogen (secondary N) is 1. The van der Waals surface area contributed by atoms with Gasteiger partial charge in [0.1, 0.15) is 0 Å². The van der Waals surface area contributed by atoms with Gasteiger partial charge in [-0.2, -0.15) is 0 Å². The number of hydrogen-bond acceptors (Lipinski definition) is 3. The van der Waals surface area contributed by atoms with Crippen LogP contribution >= 0.6 is 0 Å². The standard InChI is InChI=1S/C16H34N2O/c1-5-10-17-16(14(3)6-2)13-18(4)12-15-9-7-8-11-19-15/h14-17H,5-13H2,1-4H3. The average molecular weight is 270 g/mol. The van der Waals surface area contributed by atoms with E-state index in [2.05, 4.69) is 38.0 Å². The lowest BCUT2D eigenvalue weighted by Crippen LogP contribution is -2.46. The molecule has 19 heavy (non-hydrogen) atoms. The van der Waals surface area contributed by atoms with Crippen molar-refractivity contribution in [1.82, 2.24) is 10.2 Å². The van der Waals surface area contributed by atoms with Crippen LogP contribution in [0.4, 0.5) is 0 Å². The van der Waals surface area contributed by atoms with Gasteiger partial charge in [-0.25, -0.2) is 0 Å². The summed E-state index contributed by atoms with van der Waals surface area (Å²) in [5, 5.41) is 3.71. The Hall–Kier alpha value is -0.120. The van der Waals surface area contributed by atoms with Gasteiger partial charge in [0.25, 0.3) is 0 Å². The second-order valence-corrected chi connectivity index (χ2v) is 6.16. The normalized spacial score (nSPS) is 23.5. The summed E-state index contributed by atoms with van der Waals surface area (Å²) in [7, 11) is 2.24. The van der Waals surface area contributed by atoms with Crippen LogP contribution in [-0.2, 0) is 4.74 Å². The van der Waals surface area contributed by atoms with E-state index in [-0.39, 0.29) is 0 Å². The van der Waals surface area contributed by atoms with Crippen molar-refractivity contribution in [3.63, 3.8) is 0 Å². The third-order valence-electron chi connectivity index (χ3n) is 4.29. The summed E-state index contributed by atoms with van der Waals surface area (Å²) < 4.78 is 5.84. The maximum atomic E-state index is 5.84. The van der Waals surface area contributed by atoms with Crippen LogP contribution < -0.4 is 5.32 Å². The molecule has 1 aliphatic heterocycles. The van der Waals surface area contributed by atoms with E-state index < -0.39 is 0 Å². The van der Waals surface area contributed by atoms with Crippen molar-refractivity contribution in [1.29, 1.82) is 0 Å². The highest BCUT2D eigenvalue weighted by atomic mass is 16.5. The summed E-state index contributed by atoms with van der Waals surface area (Å²) in [5.41, 5.74) is 0. The first-order valence-electron chi connectivity index (χ1n) is 8.20. The maximum Gasteiger partial charge on any atom is 0.0701 e. The molecule has 3 heteroatoms. The lowest BCUT2D eigenvalue weighted by molar-refractivity contribution is -0.00342. The van der Waals surface area contributed by atoms with Crippen molar-refractivity contribution < 1.29 is 4.74 Å². The molecule has 0 aliphatic carbocycles. The van der Waals surface area contributed by atoms with Crippen LogP contribution in [0, 0.1) is 5.92 Å². The zero-order valence-electron chi connectivity index (χ0n) is 13.5.